The molecule has 0 saturated heterocycles. The summed E-state index contributed by atoms with van der Waals surface area (Å²) in [5.41, 5.74) is 2.26. The van der Waals surface area contributed by atoms with Crippen LogP contribution in [0, 0.1) is 17.0 Å². The third kappa shape index (κ3) is 3.44. The number of nitro benzene ring substituents is 1. The molecular formula is C18H14N2O3S. The smallest absolute Gasteiger partial charge is 0.270 e. The molecule has 0 fully saturated rings. The number of benzene rings is 2. The maximum absolute atomic E-state index is 12.3. The summed E-state index contributed by atoms with van der Waals surface area (Å²) in [6.07, 6.45) is 0. The fourth-order valence-electron chi connectivity index (χ4n) is 2.41. The number of Topliss-reactive ketones (excluding diaryl/α,β-unsaturated/α-hetero) is 1. The Bertz CT molecular complexity index is 940. The molecule has 0 N–H and O–H groups in total. The number of pyridine rings is 1. The Kier molecular flexibility index (Phi) is 4.57. The van der Waals surface area contributed by atoms with Crippen LogP contribution in [0.15, 0.2) is 59.6 Å². The van der Waals surface area contributed by atoms with Gasteiger partial charge in [-0.25, -0.2) is 4.98 Å². The van der Waals surface area contributed by atoms with Gasteiger partial charge in [0.2, 0.25) is 0 Å². The van der Waals surface area contributed by atoms with Gasteiger partial charge in [-0.1, -0.05) is 42.1 Å². The second-order valence-corrected chi connectivity index (χ2v) is 6.31. The number of nitrogens with zero attached hydrogens (tertiary/aromatic N) is 2. The van der Waals surface area contributed by atoms with Crippen molar-refractivity contribution < 1.29 is 9.72 Å². The number of non-ortho nitro benzene ring substituents is 1. The molecule has 0 aliphatic heterocycles. The number of hydrogen-bond acceptors (Lipinski definition) is 5. The van der Waals surface area contributed by atoms with Gasteiger partial charge in [-0.2, -0.15) is 0 Å². The summed E-state index contributed by atoms with van der Waals surface area (Å²) in [7, 11) is 0. The molecule has 120 valence electrons. The molecule has 0 unspecified atom stereocenters. The van der Waals surface area contributed by atoms with Gasteiger partial charge in [0.25, 0.3) is 5.69 Å². The number of carbonyl (C=O) groups is 1. The number of hydrogen-bond donors (Lipinski definition) is 0. The predicted molar refractivity (Wildman–Crippen MR) is 94.6 cm³/mol. The van der Waals surface area contributed by atoms with Gasteiger partial charge < -0.3 is 0 Å². The van der Waals surface area contributed by atoms with Crippen molar-refractivity contribution in [3.8, 4) is 0 Å². The maximum atomic E-state index is 12.3. The first-order valence-corrected chi connectivity index (χ1v) is 8.30. The van der Waals surface area contributed by atoms with Gasteiger partial charge in [0, 0.05) is 23.1 Å². The summed E-state index contributed by atoms with van der Waals surface area (Å²) in [4.78, 5) is 27.1. The summed E-state index contributed by atoms with van der Waals surface area (Å²) in [6, 6.07) is 15.6. The lowest BCUT2D eigenvalue weighted by molar-refractivity contribution is -0.384. The van der Waals surface area contributed by atoms with E-state index >= 15 is 0 Å². The Hall–Kier alpha value is -2.73. The summed E-state index contributed by atoms with van der Waals surface area (Å²) < 4.78 is 0. The minimum atomic E-state index is -0.502. The van der Waals surface area contributed by atoms with E-state index in [1.807, 2.05) is 37.3 Å². The standard InChI is InChI=1S/C18H14N2O3S/c1-12-9-18(19-16-8-3-2-7-15(12)16)24-11-17(21)13-5-4-6-14(10-13)20(22)23/h2-10H,11H2,1H3. The molecule has 3 rings (SSSR count). The molecule has 0 atom stereocenters. The topological polar surface area (TPSA) is 73.1 Å². The van der Waals surface area contributed by atoms with Crippen molar-refractivity contribution in [3.05, 3.63) is 75.8 Å². The van der Waals surface area contributed by atoms with Crippen LogP contribution >= 0.6 is 11.8 Å². The molecule has 6 heteroatoms. The van der Waals surface area contributed by atoms with Crippen molar-refractivity contribution in [2.45, 2.75) is 11.9 Å². The minimum Gasteiger partial charge on any atom is -0.293 e. The molecule has 0 amide bonds. The van der Waals surface area contributed by atoms with Crippen molar-refractivity contribution in [2.75, 3.05) is 5.75 Å². The lowest BCUT2D eigenvalue weighted by Crippen LogP contribution is -2.03. The number of carbonyl (C=O) groups excluding carboxylic acids is 1. The van der Waals surface area contributed by atoms with E-state index in [1.54, 1.807) is 6.07 Å². The monoisotopic (exact) mass is 338 g/mol. The fraction of sp³-hybridized carbons (Fsp3) is 0.111. The molecule has 3 aromatic rings. The van der Waals surface area contributed by atoms with E-state index in [4.69, 9.17) is 0 Å². The Morgan fingerprint density at radius 3 is 2.75 bits per heavy atom. The summed E-state index contributed by atoms with van der Waals surface area (Å²) >= 11 is 1.34. The van der Waals surface area contributed by atoms with Crippen molar-refractivity contribution in [3.63, 3.8) is 0 Å². The number of ketones is 1. The summed E-state index contributed by atoms with van der Waals surface area (Å²) in [6.45, 7) is 2.01. The number of fused-ring (bicyclic) bond motifs is 1. The first kappa shape index (κ1) is 16.1. The zero-order valence-corrected chi connectivity index (χ0v) is 13.7. The van der Waals surface area contributed by atoms with Gasteiger partial charge in [-0.3, -0.25) is 14.9 Å². The van der Waals surface area contributed by atoms with Gasteiger partial charge in [0.15, 0.2) is 5.78 Å². The lowest BCUT2D eigenvalue weighted by Gasteiger charge is -2.06. The van der Waals surface area contributed by atoms with E-state index in [0.29, 0.717) is 5.56 Å². The van der Waals surface area contributed by atoms with Crippen LogP contribution in [0.1, 0.15) is 15.9 Å². The Labute approximate surface area is 142 Å². The normalized spacial score (nSPS) is 10.7. The van der Waals surface area contributed by atoms with Crippen LogP contribution < -0.4 is 0 Å². The van der Waals surface area contributed by atoms with Crippen molar-refractivity contribution >= 4 is 34.1 Å². The van der Waals surface area contributed by atoms with Gasteiger partial charge in [-0.05, 0) is 24.6 Å². The molecule has 5 nitrogen and oxygen atoms in total. The highest BCUT2D eigenvalue weighted by molar-refractivity contribution is 7.99. The first-order chi connectivity index (χ1) is 11.5. The molecule has 0 saturated carbocycles. The molecule has 0 bridgehead atoms. The quantitative estimate of drug-likeness (QED) is 0.298. The minimum absolute atomic E-state index is 0.0782. The number of para-hydroxylation sites is 1. The average Bonchev–Trinajstić information content (AvgIpc) is 2.60. The Morgan fingerprint density at radius 1 is 1.17 bits per heavy atom. The van der Waals surface area contributed by atoms with Crippen molar-refractivity contribution in [2.24, 2.45) is 0 Å². The maximum Gasteiger partial charge on any atom is 0.270 e. The molecule has 24 heavy (non-hydrogen) atoms. The Balaban J connectivity index is 1.77. The number of rotatable bonds is 5. The van der Waals surface area contributed by atoms with E-state index in [0.717, 1.165) is 21.5 Å². The molecule has 0 aliphatic carbocycles. The fourth-order valence-corrected chi connectivity index (χ4v) is 3.28. The highest BCUT2D eigenvalue weighted by atomic mass is 32.2. The van der Waals surface area contributed by atoms with Crippen LogP contribution in [-0.2, 0) is 0 Å². The van der Waals surface area contributed by atoms with Gasteiger partial charge in [0.05, 0.1) is 21.2 Å². The zero-order chi connectivity index (χ0) is 17.1. The van der Waals surface area contributed by atoms with Crippen LogP contribution in [0.25, 0.3) is 10.9 Å². The molecule has 1 heterocycles. The Morgan fingerprint density at radius 2 is 1.96 bits per heavy atom. The SMILES string of the molecule is Cc1cc(SCC(=O)c2cccc([N+](=O)[O-])c2)nc2ccccc12. The van der Waals surface area contributed by atoms with Crippen LogP contribution in [0.5, 0.6) is 0 Å². The molecular weight excluding hydrogens is 324 g/mol. The summed E-state index contributed by atoms with van der Waals surface area (Å²) in [5.74, 6) is 0.0303. The second kappa shape index (κ2) is 6.80. The van der Waals surface area contributed by atoms with E-state index in [9.17, 15) is 14.9 Å². The van der Waals surface area contributed by atoms with Gasteiger partial charge >= 0.3 is 0 Å². The first-order valence-electron chi connectivity index (χ1n) is 7.31. The van der Waals surface area contributed by atoms with Crippen LogP contribution in [0.2, 0.25) is 0 Å². The van der Waals surface area contributed by atoms with Crippen LogP contribution in [-0.4, -0.2) is 21.4 Å². The van der Waals surface area contributed by atoms with E-state index in [1.165, 1.54) is 30.0 Å². The molecule has 0 aliphatic rings. The van der Waals surface area contributed by atoms with E-state index in [2.05, 4.69) is 4.98 Å². The number of thioether (sulfide) groups is 1. The number of aryl methyl sites for hydroxylation is 1. The molecule has 0 spiro atoms. The molecule has 1 aromatic heterocycles. The number of nitro groups is 1. The van der Waals surface area contributed by atoms with Crippen molar-refractivity contribution in [1.29, 1.82) is 0 Å². The lowest BCUT2D eigenvalue weighted by atomic mass is 10.1. The third-order valence-electron chi connectivity index (χ3n) is 3.63. The largest absolute Gasteiger partial charge is 0.293 e. The van der Waals surface area contributed by atoms with E-state index < -0.39 is 4.92 Å². The molecule has 0 radical (unpaired) electrons. The van der Waals surface area contributed by atoms with Gasteiger partial charge in [-0.15, -0.1) is 0 Å². The predicted octanol–water partition coefficient (Wildman–Crippen LogP) is 4.43. The van der Waals surface area contributed by atoms with Gasteiger partial charge in [0.1, 0.15) is 0 Å². The van der Waals surface area contributed by atoms with Crippen molar-refractivity contribution in [1.82, 2.24) is 4.98 Å². The molecule has 2 aromatic carbocycles. The average molecular weight is 338 g/mol. The summed E-state index contributed by atoms with van der Waals surface area (Å²) in [5, 5.41) is 12.7. The van der Waals surface area contributed by atoms with Crippen LogP contribution in [0.3, 0.4) is 0 Å². The van der Waals surface area contributed by atoms with Crippen LogP contribution in [0.4, 0.5) is 5.69 Å². The third-order valence-corrected chi connectivity index (χ3v) is 4.54. The highest BCUT2D eigenvalue weighted by Crippen LogP contribution is 2.24. The second-order valence-electron chi connectivity index (χ2n) is 5.31. The highest BCUT2D eigenvalue weighted by Gasteiger charge is 2.12. The van der Waals surface area contributed by atoms with E-state index in [-0.39, 0.29) is 17.2 Å². The number of aromatic nitrogens is 1. The zero-order valence-electron chi connectivity index (χ0n) is 12.9.